The number of benzene rings is 1. The number of aryl methyl sites for hydroxylation is 1. The van der Waals surface area contributed by atoms with Crippen molar-refractivity contribution >= 4 is 15.9 Å². The lowest BCUT2D eigenvalue weighted by Crippen LogP contribution is -2.02. The average Bonchev–Trinajstić information content (AvgIpc) is 2.42. The van der Waals surface area contributed by atoms with E-state index in [1.54, 1.807) is 7.11 Å². The summed E-state index contributed by atoms with van der Waals surface area (Å²) in [5.74, 6) is 0.977. The van der Waals surface area contributed by atoms with E-state index in [9.17, 15) is 0 Å². The van der Waals surface area contributed by atoms with E-state index in [2.05, 4.69) is 28.9 Å². The molecule has 1 aliphatic heterocycles. The van der Waals surface area contributed by atoms with E-state index in [-0.39, 0.29) is 4.83 Å². The van der Waals surface area contributed by atoms with E-state index in [0.717, 1.165) is 25.4 Å². The first-order valence-corrected chi connectivity index (χ1v) is 6.03. The summed E-state index contributed by atoms with van der Waals surface area (Å²) in [5, 5.41) is 0. The maximum absolute atomic E-state index is 5.54. The van der Waals surface area contributed by atoms with Crippen LogP contribution in [-0.2, 0) is 11.2 Å². The second-order valence-corrected chi connectivity index (χ2v) is 4.87. The van der Waals surface area contributed by atoms with Crippen molar-refractivity contribution in [2.45, 2.75) is 18.2 Å². The molecule has 0 aromatic heterocycles. The van der Waals surface area contributed by atoms with Crippen LogP contribution in [0.15, 0.2) is 12.1 Å². The molecule has 2 nitrogen and oxygen atoms in total. The van der Waals surface area contributed by atoms with Crippen LogP contribution >= 0.6 is 15.9 Å². The highest BCUT2D eigenvalue weighted by molar-refractivity contribution is 9.09. The minimum atomic E-state index is 0.282. The van der Waals surface area contributed by atoms with Gasteiger partial charge in [-0.3, -0.25) is 0 Å². The van der Waals surface area contributed by atoms with Crippen molar-refractivity contribution in [2.75, 3.05) is 20.3 Å². The fraction of sp³-hybridized carbons (Fsp3) is 0.500. The Labute approximate surface area is 98.7 Å². The molecular weight excluding hydrogens is 256 g/mol. The van der Waals surface area contributed by atoms with Crippen LogP contribution in [0.5, 0.6) is 5.75 Å². The SMILES string of the molecule is COc1ccc(C)c2c1CCOCC2Br. The minimum Gasteiger partial charge on any atom is -0.496 e. The Morgan fingerprint density at radius 3 is 3.00 bits per heavy atom. The van der Waals surface area contributed by atoms with Crippen molar-refractivity contribution in [2.24, 2.45) is 0 Å². The molecule has 0 aliphatic carbocycles. The van der Waals surface area contributed by atoms with E-state index in [4.69, 9.17) is 9.47 Å². The van der Waals surface area contributed by atoms with Crippen molar-refractivity contribution in [3.05, 3.63) is 28.8 Å². The monoisotopic (exact) mass is 270 g/mol. The maximum atomic E-state index is 5.54. The zero-order valence-electron chi connectivity index (χ0n) is 9.05. The first-order chi connectivity index (χ1) is 7.24. The van der Waals surface area contributed by atoms with Crippen LogP contribution < -0.4 is 4.74 Å². The van der Waals surface area contributed by atoms with Gasteiger partial charge in [0.2, 0.25) is 0 Å². The van der Waals surface area contributed by atoms with Crippen molar-refractivity contribution < 1.29 is 9.47 Å². The molecule has 0 fully saturated rings. The Bertz CT molecular complexity index is 363. The lowest BCUT2D eigenvalue weighted by atomic mass is 9.97. The first kappa shape index (κ1) is 11.0. The van der Waals surface area contributed by atoms with E-state index < -0.39 is 0 Å². The predicted molar refractivity (Wildman–Crippen MR) is 63.9 cm³/mol. The maximum Gasteiger partial charge on any atom is 0.122 e. The fourth-order valence-corrected chi connectivity index (χ4v) is 2.92. The number of methoxy groups -OCH3 is 1. The molecule has 1 aliphatic rings. The second-order valence-electron chi connectivity index (χ2n) is 3.77. The van der Waals surface area contributed by atoms with Crippen molar-refractivity contribution in [3.63, 3.8) is 0 Å². The zero-order valence-corrected chi connectivity index (χ0v) is 10.6. The van der Waals surface area contributed by atoms with Crippen LogP contribution in [0.2, 0.25) is 0 Å². The van der Waals surface area contributed by atoms with E-state index in [0.29, 0.717) is 0 Å². The van der Waals surface area contributed by atoms with E-state index >= 15 is 0 Å². The number of alkyl halides is 1. The lowest BCUT2D eigenvalue weighted by Gasteiger charge is -2.16. The van der Waals surface area contributed by atoms with Crippen molar-refractivity contribution in [1.29, 1.82) is 0 Å². The summed E-state index contributed by atoms with van der Waals surface area (Å²) in [6.45, 7) is 3.65. The zero-order chi connectivity index (χ0) is 10.8. The Hall–Kier alpha value is -0.540. The number of hydrogen-bond acceptors (Lipinski definition) is 2. The highest BCUT2D eigenvalue weighted by Gasteiger charge is 2.21. The third kappa shape index (κ3) is 2.04. The molecule has 1 atom stereocenters. The molecule has 2 rings (SSSR count). The van der Waals surface area contributed by atoms with Gasteiger partial charge in [-0.15, -0.1) is 0 Å². The molecule has 0 spiro atoms. The lowest BCUT2D eigenvalue weighted by molar-refractivity contribution is 0.145. The molecule has 0 saturated heterocycles. The summed E-state index contributed by atoms with van der Waals surface area (Å²) in [6, 6.07) is 4.15. The Morgan fingerprint density at radius 1 is 1.47 bits per heavy atom. The van der Waals surface area contributed by atoms with Gasteiger partial charge in [-0.2, -0.15) is 0 Å². The Morgan fingerprint density at radius 2 is 2.27 bits per heavy atom. The molecule has 0 saturated carbocycles. The van der Waals surface area contributed by atoms with Gasteiger partial charge in [0.1, 0.15) is 5.75 Å². The standard InChI is InChI=1S/C12H15BrO2/c1-8-3-4-11(14-2)9-5-6-15-7-10(13)12(8)9/h3-4,10H,5-7H2,1-2H3. The van der Waals surface area contributed by atoms with Crippen LogP contribution in [0.4, 0.5) is 0 Å². The van der Waals surface area contributed by atoms with E-state index in [1.807, 2.05) is 6.07 Å². The summed E-state index contributed by atoms with van der Waals surface area (Å²) in [6.07, 6.45) is 0.933. The number of fused-ring (bicyclic) bond motifs is 1. The number of ether oxygens (including phenoxy) is 2. The van der Waals surface area contributed by atoms with E-state index in [1.165, 1.54) is 16.7 Å². The number of hydrogen-bond donors (Lipinski definition) is 0. The van der Waals surface area contributed by atoms with Crippen LogP contribution in [0.25, 0.3) is 0 Å². The van der Waals surface area contributed by atoms with Gasteiger partial charge in [-0.05, 0) is 30.5 Å². The normalized spacial score (nSPS) is 20.6. The molecule has 3 heteroatoms. The third-order valence-corrected chi connectivity index (χ3v) is 3.55. The van der Waals surface area contributed by atoms with Gasteiger partial charge in [0.25, 0.3) is 0 Å². The smallest absolute Gasteiger partial charge is 0.122 e. The molecular formula is C12H15BrO2. The largest absolute Gasteiger partial charge is 0.496 e. The first-order valence-electron chi connectivity index (χ1n) is 5.12. The van der Waals surface area contributed by atoms with Crippen molar-refractivity contribution in [1.82, 2.24) is 0 Å². The Kier molecular flexibility index (Phi) is 3.32. The molecule has 0 amide bonds. The van der Waals surface area contributed by atoms with Gasteiger partial charge in [-0.25, -0.2) is 0 Å². The van der Waals surface area contributed by atoms with Crippen LogP contribution in [0.1, 0.15) is 21.5 Å². The van der Waals surface area contributed by atoms with Gasteiger partial charge < -0.3 is 9.47 Å². The summed E-state index contributed by atoms with van der Waals surface area (Å²) in [5.41, 5.74) is 3.93. The molecule has 1 heterocycles. The highest BCUT2D eigenvalue weighted by atomic mass is 79.9. The Balaban J connectivity index is 2.55. The molecule has 1 aromatic rings. The number of halogens is 1. The summed E-state index contributed by atoms with van der Waals surface area (Å²) in [7, 11) is 1.72. The minimum absolute atomic E-state index is 0.282. The summed E-state index contributed by atoms with van der Waals surface area (Å²) < 4.78 is 10.9. The second kappa shape index (κ2) is 4.54. The topological polar surface area (TPSA) is 18.5 Å². The molecule has 15 heavy (non-hydrogen) atoms. The average molecular weight is 271 g/mol. The van der Waals surface area contributed by atoms with Gasteiger partial charge in [0.15, 0.2) is 0 Å². The highest BCUT2D eigenvalue weighted by Crippen LogP contribution is 2.36. The third-order valence-electron chi connectivity index (χ3n) is 2.83. The predicted octanol–water partition coefficient (Wildman–Crippen LogP) is 3.01. The van der Waals surface area contributed by atoms with Gasteiger partial charge in [0, 0.05) is 5.56 Å². The van der Waals surface area contributed by atoms with Gasteiger partial charge in [0.05, 0.1) is 25.2 Å². The van der Waals surface area contributed by atoms with Crippen LogP contribution in [0.3, 0.4) is 0 Å². The van der Waals surface area contributed by atoms with Crippen LogP contribution in [0, 0.1) is 6.92 Å². The summed E-state index contributed by atoms with van der Waals surface area (Å²) >= 11 is 3.67. The quantitative estimate of drug-likeness (QED) is 0.731. The molecule has 0 bridgehead atoms. The van der Waals surface area contributed by atoms with Crippen LogP contribution in [-0.4, -0.2) is 20.3 Å². The molecule has 1 unspecified atom stereocenters. The van der Waals surface area contributed by atoms with Crippen molar-refractivity contribution in [3.8, 4) is 5.75 Å². The molecule has 1 aromatic carbocycles. The molecule has 82 valence electrons. The van der Waals surface area contributed by atoms with Gasteiger partial charge in [-0.1, -0.05) is 22.0 Å². The fourth-order valence-electron chi connectivity index (χ4n) is 2.09. The number of rotatable bonds is 1. The molecule has 0 radical (unpaired) electrons. The van der Waals surface area contributed by atoms with Gasteiger partial charge >= 0.3 is 0 Å². The molecule has 0 N–H and O–H groups in total. The summed E-state index contributed by atoms with van der Waals surface area (Å²) in [4.78, 5) is 0.282.